The van der Waals surface area contributed by atoms with Gasteiger partial charge in [0.2, 0.25) is 0 Å². The maximum absolute atomic E-state index is 5.45. The fourth-order valence-corrected chi connectivity index (χ4v) is 3.05. The predicted molar refractivity (Wildman–Crippen MR) is 80.5 cm³/mol. The summed E-state index contributed by atoms with van der Waals surface area (Å²) in [4.78, 5) is 0. The first-order valence-corrected chi connectivity index (χ1v) is 7.54. The lowest BCUT2D eigenvalue weighted by molar-refractivity contribution is 0.0713. The van der Waals surface area contributed by atoms with Crippen LogP contribution in [-0.2, 0) is 10.2 Å². The maximum atomic E-state index is 5.45. The highest BCUT2D eigenvalue weighted by atomic mass is 16.5. The van der Waals surface area contributed by atoms with Crippen LogP contribution >= 0.6 is 0 Å². The molecule has 1 unspecified atom stereocenters. The minimum Gasteiger partial charge on any atom is -0.381 e. The number of nitrogens with one attached hydrogen (secondary N) is 1. The Balaban J connectivity index is 2.07. The molecule has 1 aromatic rings. The van der Waals surface area contributed by atoms with Crippen LogP contribution in [0.25, 0.3) is 0 Å². The van der Waals surface area contributed by atoms with Crippen LogP contribution in [0.1, 0.15) is 45.6 Å². The molecule has 0 aliphatic carbocycles. The molecule has 0 bridgehead atoms. The van der Waals surface area contributed by atoms with Crippen molar-refractivity contribution in [2.24, 2.45) is 0 Å². The van der Waals surface area contributed by atoms with Crippen molar-refractivity contribution >= 4 is 0 Å². The second kappa shape index (κ2) is 6.53. The van der Waals surface area contributed by atoms with Gasteiger partial charge < -0.3 is 10.1 Å². The van der Waals surface area contributed by atoms with Gasteiger partial charge in [0.05, 0.1) is 0 Å². The molecule has 106 valence electrons. The first kappa shape index (κ1) is 14.5. The van der Waals surface area contributed by atoms with E-state index in [4.69, 9.17) is 4.74 Å². The summed E-state index contributed by atoms with van der Waals surface area (Å²) in [6.07, 6.45) is 3.43. The number of ether oxygens (including phenoxy) is 1. The van der Waals surface area contributed by atoms with Gasteiger partial charge in [-0.2, -0.15) is 0 Å². The van der Waals surface area contributed by atoms with Crippen molar-refractivity contribution in [1.29, 1.82) is 0 Å². The molecule has 1 fully saturated rings. The summed E-state index contributed by atoms with van der Waals surface area (Å²) in [7, 11) is 0. The molecule has 1 saturated heterocycles. The second-order valence-corrected chi connectivity index (χ2v) is 6.10. The van der Waals surface area contributed by atoms with Gasteiger partial charge in [-0.25, -0.2) is 0 Å². The average Bonchev–Trinajstić information content (AvgIpc) is 2.46. The normalized spacial score (nSPS) is 19.3. The minimum absolute atomic E-state index is 0.161. The van der Waals surface area contributed by atoms with Gasteiger partial charge in [0, 0.05) is 30.7 Å². The average molecular weight is 261 g/mol. The Kier molecular flexibility index (Phi) is 5.00. The fraction of sp³-hybridized carbons (Fsp3) is 0.647. The highest BCUT2D eigenvalue weighted by Crippen LogP contribution is 2.29. The van der Waals surface area contributed by atoms with Crippen LogP contribution in [0.15, 0.2) is 30.3 Å². The largest absolute Gasteiger partial charge is 0.381 e. The van der Waals surface area contributed by atoms with Crippen molar-refractivity contribution in [1.82, 2.24) is 5.32 Å². The van der Waals surface area contributed by atoms with Crippen LogP contribution in [0.5, 0.6) is 0 Å². The summed E-state index contributed by atoms with van der Waals surface area (Å²) in [5.41, 5.74) is 1.58. The summed E-state index contributed by atoms with van der Waals surface area (Å²) < 4.78 is 5.45. The lowest BCUT2D eigenvalue weighted by Crippen LogP contribution is -2.50. The van der Waals surface area contributed by atoms with Crippen molar-refractivity contribution in [3.05, 3.63) is 35.9 Å². The monoisotopic (exact) mass is 261 g/mol. The summed E-state index contributed by atoms with van der Waals surface area (Å²) in [5, 5.41) is 3.86. The molecule has 1 heterocycles. The first-order valence-electron chi connectivity index (χ1n) is 7.54. The highest BCUT2D eigenvalue weighted by Gasteiger charge is 2.31. The van der Waals surface area contributed by atoms with Gasteiger partial charge >= 0.3 is 0 Å². The summed E-state index contributed by atoms with van der Waals surface area (Å²) >= 11 is 0. The standard InChI is InChI=1S/C17H27NO/c1-4-16(18-15-10-12-19-13-11-15)17(2,3)14-8-6-5-7-9-14/h5-9,15-16,18H,4,10-13H2,1-3H3. The Labute approximate surface area is 117 Å². The Bertz CT molecular complexity index is 368. The lowest BCUT2D eigenvalue weighted by Gasteiger charge is -2.38. The number of rotatable bonds is 5. The molecule has 1 N–H and O–H groups in total. The van der Waals surface area contributed by atoms with Gasteiger partial charge in [0.15, 0.2) is 0 Å². The maximum Gasteiger partial charge on any atom is 0.0480 e. The molecule has 0 amide bonds. The van der Waals surface area contributed by atoms with Crippen LogP contribution in [-0.4, -0.2) is 25.3 Å². The Morgan fingerprint density at radius 3 is 2.42 bits per heavy atom. The van der Waals surface area contributed by atoms with E-state index in [1.54, 1.807) is 0 Å². The van der Waals surface area contributed by atoms with E-state index in [2.05, 4.69) is 56.4 Å². The molecule has 1 aliphatic heterocycles. The SMILES string of the molecule is CCC(NC1CCOCC1)C(C)(C)c1ccccc1. The van der Waals surface area contributed by atoms with Gasteiger partial charge in [-0.1, -0.05) is 51.1 Å². The zero-order chi connectivity index (χ0) is 13.7. The molecule has 2 rings (SSSR count). The summed E-state index contributed by atoms with van der Waals surface area (Å²) in [6.45, 7) is 8.78. The van der Waals surface area contributed by atoms with Gasteiger partial charge in [-0.05, 0) is 24.8 Å². The summed E-state index contributed by atoms with van der Waals surface area (Å²) in [6, 6.07) is 12.0. The molecule has 0 aromatic heterocycles. The highest BCUT2D eigenvalue weighted by molar-refractivity contribution is 5.25. The zero-order valence-corrected chi connectivity index (χ0v) is 12.5. The van der Waals surface area contributed by atoms with Gasteiger partial charge in [0.25, 0.3) is 0 Å². The third kappa shape index (κ3) is 3.58. The van der Waals surface area contributed by atoms with E-state index in [0.29, 0.717) is 12.1 Å². The molecule has 1 aliphatic rings. The Morgan fingerprint density at radius 1 is 1.21 bits per heavy atom. The van der Waals surface area contributed by atoms with E-state index in [1.165, 1.54) is 5.56 Å². The first-order chi connectivity index (χ1) is 9.14. The van der Waals surface area contributed by atoms with Gasteiger partial charge in [0.1, 0.15) is 0 Å². The molecular weight excluding hydrogens is 234 g/mol. The van der Waals surface area contributed by atoms with Crippen molar-refractivity contribution in [3.63, 3.8) is 0 Å². The zero-order valence-electron chi connectivity index (χ0n) is 12.5. The quantitative estimate of drug-likeness (QED) is 0.875. The van der Waals surface area contributed by atoms with E-state index in [9.17, 15) is 0 Å². The van der Waals surface area contributed by atoms with Crippen LogP contribution in [0.3, 0.4) is 0 Å². The molecule has 2 nitrogen and oxygen atoms in total. The molecule has 1 aromatic carbocycles. The van der Waals surface area contributed by atoms with E-state index < -0.39 is 0 Å². The number of benzene rings is 1. The third-order valence-corrected chi connectivity index (χ3v) is 4.46. The van der Waals surface area contributed by atoms with E-state index >= 15 is 0 Å². The van der Waals surface area contributed by atoms with E-state index in [0.717, 1.165) is 32.5 Å². The van der Waals surface area contributed by atoms with Crippen LogP contribution < -0.4 is 5.32 Å². The van der Waals surface area contributed by atoms with Crippen LogP contribution in [0.2, 0.25) is 0 Å². The van der Waals surface area contributed by atoms with Gasteiger partial charge in [-0.3, -0.25) is 0 Å². The molecule has 1 atom stereocenters. The molecule has 2 heteroatoms. The van der Waals surface area contributed by atoms with Crippen molar-refractivity contribution in [3.8, 4) is 0 Å². The topological polar surface area (TPSA) is 21.3 Å². The van der Waals surface area contributed by atoms with E-state index in [-0.39, 0.29) is 5.41 Å². The number of hydrogen-bond acceptors (Lipinski definition) is 2. The Morgan fingerprint density at radius 2 is 1.84 bits per heavy atom. The third-order valence-electron chi connectivity index (χ3n) is 4.46. The molecule has 19 heavy (non-hydrogen) atoms. The van der Waals surface area contributed by atoms with Crippen molar-refractivity contribution in [2.75, 3.05) is 13.2 Å². The van der Waals surface area contributed by atoms with Crippen LogP contribution in [0, 0.1) is 0 Å². The molecular formula is C17H27NO. The second-order valence-electron chi connectivity index (χ2n) is 6.10. The van der Waals surface area contributed by atoms with Crippen molar-refractivity contribution < 1.29 is 4.74 Å². The van der Waals surface area contributed by atoms with E-state index in [1.807, 2.05) is 0 Å². The van der Waals surface area contributed by atoms with Gasteiger partial charge in [-0.15, -0.1) is 0 Å². The molecule has 0 saturated carbocycles. The fourth-order valence-electron chi connectivity index (χ4n) is 3.05. The molecule has 0 spiro atoms. The van der Waals surface area contributed by atoms with Crippen molar-refractivity contribution in [2.45, 2.75) is 57.5 Å². The number of hydrogen-bond donors (Lipinski definition) is 1. The molecule has 0 radical (unpaired) electrons. The smallest absolute Gasteiger partial charge is 0.0480 e. The lowest BCUT2D eigenvalue weighted by atomic mass is 9.76. The summed E-state index contributed by atoms with van der Waals surface area (Å²) in [5.74, 6) is 0. The van der Waals surface area contributed by atoms with Crippen LogP contribution in [0.4, 0.5) is 0 Å². The predicted octanol–water partition coefficient (Wildman–Crippen LogP) is 3.51. The Hall–Kier alpha value is -0.860. The minimum atomic E-state index is 0.161.